The molecule has 0 spiro atoms. The van der Waals surface area contributed by atoms with E-state index in [4.69, 9.17) is 0 Å². The predicted octanol–water partition coefficient (Wildman–Crippen LogP) is 2.21. The third-order valence-electron chi connectivity index (χ3n) is 5.12. The van der Waals surface area contributed by atoms with Gasteiger partial charge in [0.25, 0.3) is 5.91 Å². The molecule has 0 aromatic heterocycles. The van der Waals surface area contributed by atoms with Crippen LogP contribution in [0.4, 0.5) is 5.69 Å². The molecule has 2 atom stereocenters. The lowest BCUT2D eigenvalue weighted by Crippen LogP contribution is -2.39. The lowest BCUT2D eigenvalue weighted by atomic mass is 9.89. The summed E-state index contributed by atoms with van der Waals surface area (Å²) in [6.07, 6.45) is 5.26. The number of amides is 2. The van der Waals surface area contributed by atoms with Crippen LogP contribution in [-0.4, -0.2) is 30.9 Å². The first-order valence-electron chi connectivity index (χ1n) is 8.44. The number of piperidine rings is 1. The highest BCUT2D eigenvalue weighted by Gasteiger charge is 2.34. The zero-order valence-electron chi connectivity index (χ0n) is 13.8. The van der Waals surface area contributed by atoms with Crippen molar-refractivity contribution in [3.63, 3.8) is 0 Å². The summed E-state index contributed by atoms with van der Waals surface area (Å²) in [5.74, 6) is 0.387. The van der Waals surface area contributed by atoms with Gasteiger partial charge in [0.05, 0.1) is 0 Å². The first kappa shape index (κ1) is 16.0. The van der Waals surface area contributed by atoms with Crippen LogP contribution in [0.1, 0.15) is 48.0 Å². The standard InChI is InChI=1S/C18H25N3O2/c1-11-15(18(23)19-2)4-3-5-16(11)21-17(22)10-12-8-13-6-7-14(9-12)20-13/h3-5,12-14,20H,6-10H2,1-2H3,(H,19,23)(H,21,22). The van der Waals surface area contributed by atoms with Gasteiger partial charge < -0.3 is 16.0 Å². The van der Waals surface area contributed by atoms with Crippen LogP contribution < -0.4 is 16.0 Å². The van der Waals surface area contributed by atoms with Gasteiger partial charge in [-0.05, 0) is 56.2 Å². The third-order valence-corrected chi connectivity index (χ3v) is 5.12. The van der Waals surface area contributed by atoms with Crippen molar-refractivity contribution in [1.82, 2.24) is 10.6 Å². The van der Waals surface area contributed by atoms with Gasteiger partial charge in [0, 0.05) is 36.8 Å². The Balaban J connectivity index is 1.63. The molecule has 1 aromatic carbocycles. The molecule has 124 valence electrons. The van der Waals surface area contributed by atoms with E-state index in [0.717, 1.165) is 24.1 Å². The fourth-order valence-electron chi connectivity index (χ4n) is 3.96. The highest BCUT2D eigenvalue weighted by Crippen LogP contribution is 2.33. The quantitative estimate of drug-likeness (QED) is 0.798. The summed E-state index contributed by atoms with van der Waals surface area (Å²) in [7, 11) is 1.61. The zero-order chi connectivity index (χ0) is 16.4. The van der Waals surface area contributed by atoms with Gasteiger partial charge in [0.2, 0.25) is 5.91 Å². The summed E-state index contributed by atoms with van der Waals surface area (Å²) in [5.41, 5.74) is 2.14. The summed E-state index contributed by atoms with van der Waals surface area (Å²) in [6, 6.07) is 6.63. The number of fused-ring (bicyclic) bond motifs is 2. The molecule has 23 heavy (non-hydrogen) atoms. The minimum Gasteiger partial charge on any atom is -0.355 e. The summed E-state index contributed by atoms with van der Waals surface area (Å²) < 4.78 is 0. The van der Waals surface area contributed by atoms with Gasteiger partial charge in [-0.2, -0.15) is 0 Å². The molecule has 2 bridgehead atoms. The first-order chi connectivity index (χ1) is 11.1. The van der Waals surface area contributed by atoms with Crippen LogP contribution in [0.25, 0.3) is 0 Å². The molecule has 3 rings (SSSR count). The van der Waals surface area contributed by atoms with Gasteiger partial charge in [0.1, 0.15) is 0 Å². The van der Waals surface area contributed by atoms with E-state index in [1.807, 2.05) is 13.0 Å². The molecule has 3 N–H and O–H groups in total. The van der Waals surface area contributed by atoms with E-state index < -0.39 is 0 Å². The largest absolute Gasteiger partial charge is 0.355 e. The Morgan fingerprint density at radius 2 is 1.91 bits per heavy atom. The smallest absolute Gasteiger partial charge is 0.251 e. The van der Waals surface area contributed by atoms with Crippen molar-refractivity contribution in [2.45, 2.75) is 51.1 Å². The van der Waals surface area contributed by atoms with Crippen LogP contribution in [0.3, 0.4) is 0 Å². The van der Waals surface area contributed by atoms with Crippen molar-refractivity contribution < 1.29 is 9.59 Å². The van der Waals surface area contributed by atoms with E-state index in [-0.39, 0.29) is 11.8 Å². The molecular weight excluding hydrogens is 290 g/mol. The van der Waals surface area contributed by atoms with Crippen molar-refractivity contribution in [2.24, 2.45) is 5.92 Å². The number of carbonyl (C=O) groups is 2. The van der Waals surface area contributed by atoms with Crippen molar-refractivity contribution >= 4 is 17.5 Å². The highest BCUT2D eigenvalue weighted by molar-refractivity contribution is 5.99. The van der Waals surface area contributed by atoms with Gasteiger partial charge in [-0.15, -0.1) is 0 Å². The zero-order valence-corrected chi connectivity index (χ0v) is 13.8. The highest BCUT2D eigenvalue weighted by atomic mass is 16.2. The number of anilines is 1. The van der Waals surface area contributed by atoms with Gasteiger partial charge in [0.15, 0.2) is 0 Å². The molecule has 5 nitrogen and oxygen atoms in total. The average Bonchev–Trinajstić information content (AvgIpc) is 2.87. The Bertz CT molecular complexity index is 602. The molecule has 0 saturated carbocycles. The molecule has 0 radical (unpaired) electrons. The minimum atomic E-state index is -0.131. The second-order valence-electron chi connectivity index (χ2n) is 6.78. The van der Waals surface area contributed by atoms with E-state index in [1.165, 1.54) is 12.8 Å². The normalized spacial score (nSPS) is 25.9. The van der Waals surface area contributed by atoms with Crippen molar-refractivity contribution in [1.29, 1.82) is 0 Å². The van der Waals surface area contributed by atoms with E-state index in [0.29, 0.717) is 30.0 Å². The Labute approximate surface area is 137 Å². The van der Waals surface area contributed by atoms with Gasteiger partial charge in [-0.1, -0.05) is 6.07 Å². The molecule has 2 heterocycles. The lowest BCUT2D eigenvalue weighted by Gasteiger charge is -2.28. The molecule has 2 unspecified atom stereocenters. The Morgan fingerprint density at radius 3 is 2.57 bits per heavy atom. The molecule has 2 aliphatic heterocycles. The second kappa shape index (κ2) is 6.71. The van der Waals surface area contributed by atoms with Crippen LogP contribution >= 0.6 is 0 Å². The number of hydrogen-bond donors (Lipinski definition) is 3. The number of rotatable bonds is 4. The van der Waals surface area contributed by atoms with Gasteiger partial charge in [-0.25, -0.2) is 0 Å². The first-order valence-corrected chi connectivity index (χ1v) is 8.44. The van der Waals surface area contributed by atoms with Crippen molar-refractivity contribution in [3.05, 3.63) is 29.3 Å². The maximum Gasteiger partial charge on any atom is 0.251 e. The molecule has 1 aromatic rings. The molecule has 2 saturated heterocycles. The maximum atomic E-state index is 12.4. The van der Waals surface area contributed by atoms with Crippen LogP contribution in [0.15, 0.2) is 18.2 Å². The van der Waals surface area contributed by atoms with Crippen molar-refractivity contribution in [3.8, 4) is 0 Å². The van der Waals surface area contributed by atoms with Crippen LogP contribution in [0.5, 0.6) is 0 Å². The molecular formula is C18H25N3O2. The summed E-state index contributed by atoms with van der Waals surface area (Å²) >= 11 is 0. The van der Waals surface area contributed by atoms with E-state index in [9.17, 15) is 9.59 Å². The molecule has 0 aliphatic carbocycles. The van der Waals surface area contributed by atoms with Crippen LogP contribution in [-0.2, 0) is 4.79 Å². The summed E-state index contributed by atoms with van der Waals surface area (Å²) in [6.45, 7) is 1.87. The van der Waals surface area contributed by atoms with Gasteiger partial charge >= 0.3 is 0 Å². The maximum absolute atomic E-state index is 12.4. The number of benzene rings is 1. The van der Waals surface area contributed by atoms with E-state index >= 15 is 0 Å². The Hall–Kier alpha value is -1.88. The third kappa shape index (κ3) is 3.55. The monoisotopic (exact) mass is 315 g/mol. The SMILES string of the molecule is CNC(=O)c1cccc(NC(=O)CC2CC3CCC(C2)N3)c1C. The summed E-state index contributed by atoms with van der Waals surface area (Å²) in [4.78, 5) is 24.2. The molecule has 2 amide bonds. The topological polar surface area (TPSA) is 70.2 Å². The molecule has 2 fully saturated rings. The van der Waals surface area contributed by atoms with Crippen LogP contribution in [0.2, 0.25) is 0 Å². The number of carbonyl (C=O) groups excluding carboxylic acids is 2. The average molecular weight is 315 g/mol. The Kier molecular flexibility index (Phi) is 4.66. The predicted molar refractivity (Wildman–Crippen MR) is 90.5 cm³/mol. The van der Waals surface area contributed by atoms with Crippen LogP contribution in [0, 0.1) is 12.8 Å². The Morgan fingerprint density at radius 1 is 1.22 bits per heavy atom. The fraction of sp³-hybridized carbons (Fsp3) is 0.556. The fourth-order valence-corrected chi connectivity index (χ4v) is 3.96. The summed E-state index contributed by atoms with van der Waals surface area (Å²) in [5, 5.41) is 9.22. The number of hydrogen-bond acceptors (Lipinski definition) is 3. The van der Waals surface area contributed by atoms with Crippen molar-refractivity contribution in [2.75, 3.05) is 12.4 Å². The van der Waals surface area contributed by atoms with Gasteiger partial charge in [-0.3, -0.25) is 9.59 Å². The van der Waals surface area contributed by atoms with E-state index in [1.54, 1.807) is 19.2 Å². The minimum absolute atomic E-state index is 0.0495. The second-order valence-corrected chi connectivity index (χ2v) is 6.78. The van der Waals surface area contributed by atoms with E-state index in [2.05, 4.69) is 16.0 Å². The number of nitrogens with one attached hydrogen (secondary N) is 3. The lowest BCUT2D eigenvalue weighted by molar-refractivity contribution is -0.117. The molecule has 5 heteroatoms. The molecule has 2 aliphatic rings.